The van der Waals surface area contributed by atoms with Crippen molar-refractivity contribution in [3.63, 3.8) is 0 Å². The van der Waals surface area contributed by atoms with Gasteiger partial charge in [-0.05, 0) is 29.8 Å². The number of alkyl halides is 3. The van der Waals surface area contributed by atoms with Gasteiger partial charge < -0.3 is 14.5 Å². The van der Waals surface area contributed by atoms with Gasteiger partial charge in [-0.25, -0.2) is 4.79 Å². The van der Waals surface area contributed by atoms with Gasteiger partial charge in [-0.15, -0.1) is 0 Å². The standard InChI is InChI=1S/C18H12F3NO4/c1-25-15-7-6-10(9-13(15)22-17(24)18(19,20)21)12-8-11-4-2-3-5-14(11)26-16(12)23/h2-9H,1H3,(H,22,24). The molecule has 3 aromatic rings. The Balaban J connectivity index is 2.09. The Morgan fingerprint density at radius 3 is 2.54 bits per heavy atom. The topological polar surface area (TPSA) is 68.5 Å². The number of nitrogens with one attached hydrogen (secondary N) is 1. The minimum absolute atomic E-state index is 0.0246. The average molecular weight is 363 g/mol. The normalized spacial score (nSPS) is 11.4. The Morgan fingerprint density at radius 1 is 1.12 bits per heavy atom. The van der Waals surface area contributed by atoms with E-state index >= 15 is 0 Å². The van der Waals surface area contributed by atoms with Crippen LogP contribution in [0, 0.1) is 0 Å². The lowest BCUT2D eigenvalue weighted by Crippen LogP contribution is -2.30. The van der Waals surface area contributed by atoms with Gasteiger partial charge in [0.05, 0.1) is 18.4 Å². The molecule has 0 radical (unpaired) electrons. The second-order valence-corrected chi connectivity index (χ2v) is 5.35. The fourth-order valence-electron chi connectivity index (χ4n) is 2.43. The highest BCUT2D eigenvalue weighted by Gasteiger charge is 2.39. The van der Waals surface area contributed by atoms with Crippen molar-refractivity contribution < 1.29 is 27.1 Å². The SMILES string of the molecule is COc1ccc(-c2cc3ccccc3oc2=O)cc1NC(=O)C(F)(F)F. The Labute approximate surface area is 145 Å². The van der Waals surface area contributed by atoms with E-state index in [2.05, 4.69) is 0 Å². The third kappa shape index (κ3) is 3.39. The first-order chi connectivity index (χ1) is 12.3. The molecule has 1 heterocycles. The van der Waals surface area contributed by atoms with Crippen LogP contribution in [0.2, 0.25) is 0 Å². The van der Waals surface area contributed by atoms with E-state index < -0.39 is 17.7 Å². The highest BCUT2D eigenvalue weighted by Crippen LogP contribution is 2.31. The fourth-order valence-corrected chi connectivity index (χ4v) is 2.43. The number of carbonyl (C=O) groups excluding carboxylic acids is 1. The number of rotatable bonds is 3. The predicted octanol–water partition coefficient (Wildman–Crippen LogP) is 3.97. The number of amides is 1. The van der Waals surface area contributed by atoms with E-state index in [1.807, 2.05) is 0 Å². The Bertz CT molecular complexity index is 1040. The summed E-state index contributed by atoms with van der Waals surface area (Å²) in [5, 5.41) is 2.40. The summed E-state index contributed by atoms with van der Waals surface area (Å²) in [6.45, 7) is 0. The van der Waals surface area contributed by atoms with Crippen molar-refractivity contribution in [2.24, 2.45) is 0 Å². The molecular formula is C18H12F3NO4. The lowest BCUT2D eigenvalue weighted by Gasteiger charge is -2.13. The van der Waals surface area contributed by atoms with Crippen LogP contribution in [-0.2, 0) is 4.79 Å². The second kappa shape index (κ2) is 6.55. The molecule has 8 heteroatoms. The fraction of sp³-hybridized carbons (Fsp3) is 0.111. The van der Waals surface area contributed by atoms with Crippen molar-refractivity contribution in [1.29, 1.82) is 0 Å². The number of halogens is 3. The van der Waals surface area contributed by atoms with Crippen LogP contribution >= 0.6 is 0 Å². The summed E-state index contributed by atoms with van der Waals surface area (Å²) >= 11 is 0. The highest BCUT2D eigenvalue weighted by atomic mass is 19.4. The van der Waals surface area contributed by atoms with Crippen LogP contribution in [0.25, 0.3) is 22.1 Å². The lowest BCUT2D eigenvalue weighted by atomic mass is 10.0. The molecule has 3 rings (SSSR count). The van der Waals surface area contributed by atoms with Crippen LogP contribution in [0.1, 0.15) is 0 Å². The van der Waals surface area contributed by atoms with Gasteiger partial charge in [-0.2, -0.15) is 13.2 Å². The van der Waals surface area contributed by atoms with Crippen LogP contribution in [0.4, 0.5) is 18.9 Å². The number of carbonyl (C=O) groups is 1. The molecule has 0 atom stereocenters. The summed E-state index contributed by atoms with van der Waals surface area (Å²) in [6, 6.07) is 12.5. The molecule has 0 saturated heterocycles. The molecule has 0 saturated carbocycles. The van der Waals surface area contributed by atoms with Crippen molar-refractivity contribution in [3.05, 3.63) is 59.0 Å². The van der Waals surface area contributed by atoms with E-state index in [9.17, 15) is 22.8 Å². The van der Waals surface area contributed by atoms with Gasteiger partial charge in [0.1, 0.15) is 11.3 Å². The molecule has 0 bridgehead atoms. The first kappa shape index (κ1) is 17.5. The van der Waals surface area contributed by atoms with Gasteiger partial charge in [-0.1, -0.05) is 24.3 Å². The molecule has 1 aromatic heterocycles. The van der Waals surface area contributed by atoms with Crippen LogP contribution in [-0.4, -0.2) is 19.2 Å². The number of hydrogen-bond acceptors (Lipinski definition) is 4. The minimum Gasteiger partial charge on any atom is -0.495 e. The number of hydrogen-bond donors (Lipinski definition) is 1. The van der Waals surface area contributed by atoms with Crippen molar-refractivity contribution >= 4 is 22.6 Å². The van der Waals surface area contributed by atoms with Gasteiger partial charge in [0.15, 0.2) is 0 Å². The van der Waals surface area contributed by atoms with Crippen LogP contribution in [0.5, 0.6) is 5.75 Å². The summed E-state index contributed by atoms with van der Waals surface area (Å²) in [5.74, 6) is -2.12. The molecular weight excluding hydrogens is 351 g/mol. The van der Waals surface area contributed by atoms with Crippen LogP contribution < -0.4 is 15.7 Å². The molecule has 0 aliphatic rings. The summed E-state index contributed by atoms with van der Waals surface area (Å²) in [6.07, 6.45) is -5.05. The largest absolute Gasteiger partial charge is 0.495 e. The van der Waals surface area contributed by atoms with Crippen molar-refractivity contribution in [2.75, 3.05) is 12.4 Å². The number of anilines is 1. The van der Waals surface area contributed by atoms with E-state index in [4.69, 9.17) is 9.15 Å². The summed E-state index contributed by atoms with van der Waals surface area (Å²) in [4.78, 5) is 23.4. The summed E-state index contributed by atoms with van der Waals surface area (Å²) < 4.78 is 47.7. The molecule has 1 N–H and O–H groups in total. The number of benzene rings is 2. The monoisotopic (exact) mass is 363 g/mol. The third-order valence-electron chi connectivity index (χ3n) is 3.66. The molecule has 0 fully saturated rings. The maximum atomic E-state index is 12.5. The van der Waals surface area contributed by atoms with Crippen LogP contribution in [0.15, 0.2) is 57.7 Å². The minimum atomic E-state index is -5.05. The molecule has 0 spiro atoms. The molecule has 5 nitrogen and oxygen atoms in total. The molecule has 0 aliphatic carbocycles. The Hall–Kier alpha value is -3.29. The molecule has 2 aromatic carbocycles. The average Bonchev–Trinajstić information content (AvgIpc) is 2.60. The van der Waals surface area contributed by atoms with E-state index in [-0.39, 0.29) is 22.6 Å². The van der Waals surface area contributed by atoms with Gasteiger partial charge in [0, 0.05) is 5.39 Å². The molecule has 134 valence electrons. The van der Waals surface area contributed by atoms with Gasteiger partial charge in [0.2, 0.25) is 0 Å². The van der Waals surface area contributed by atoms with Crippen molar-refractivity contribution in [2.45, 2.75) is 6.18 Å². The highest BCUT2D eigenvalue weighted by molar-refractivity contribution is 5.97. The van der Waals surface area contributed by atoms with E-state index in [1.54, 1.807) is 35.6 Å². The van der Waals surface area contributed by atoms with Gasteiger partial charge in [0.25, 0.3) is 0 Å². The Kier molecular flexibility index (Phi) is 4.41. The number of ether oxygens (including phenoxy) is 1. The zero-order chi connectivity index (χ0) is 18.9. The van der Waals surface area contributed by atoms with E-state index in [0.29, 0.717) is 11.0 Å². The zero-order valence-electron chi connectivity index (χ0n) is 13.4. The van der Waals surface area contributed by atoms with E-state index in [0.717, 1.165) is 0 Å². The van der Waals surface area contributed by atoms with Gasteiger partial charge in [-0.3, -0.25) is 4.79 Å². The second-order valence-electron chi connectivity index (χ2n) is 5.35. The van der Waals surface area contributed by atoms with E-state index in [1.165, 1.54) is 25.3 Å². The number of methoxy groups -OCH3 is 1. The van der Waals surface area contributed by atoms with Crippen molar-refractivity contribution in [1.82, 2.24) is 0 Å². The maximum Gasteiger partial charge on any atom is 0.471 e. The molecule has 0 unspecified atom stereocenters. The summed E-state index contributed by atoms with van der Waals surface area (Å²) in [5.41, 5.74) is -0.0427. The first-order valence-electron chi connectivity index (χ1n) is 7.39. The third-order valence-corrected chi connectivity index (χ3v) is 3.66. The lowest BCUT2D eigenvalue weighted by molar-refractivity contribution is -0.167. The first-order valence-corrected chi connectivity index (χ1v) is 7.39. The van der Waals surface area contributed by atoms with Crippen LogP contribution in [0.3, 0.4) is 0 Å². The zero-order valence-corrected chi connectivity index (χ0v) is 13.4. The summed E-state index contributed by atoms with van der Waals surface area (Å²) in [7, 11) is 1.25. The number of para-hydroxylation sites is 1. The quantitative estimate of drug-likeness (QED) is 0.715. The van der Waals surface area contributed by atoms with Crippen molar-refractivity contribution in [3.8, 4) is 16.9 Å². The number of fused-ring (bicyclic) bond motifs is 1. The predicted molar refractivity (Wildman–Crippen MR) is 89.2 cm³/mol. The molecule has 26 heavy (non-hydrogen) atoms. The maximum absolute atomic E-state index is 12.5. The smallest absolute Gasteiger partial charge is 0.471 e. The molecule has 0 aliphatic heterocycles. The van der Waals surface area contributed by atoms with Gasteiger partial charge >= 0.3 is 17.7 Å². The Morgan fingerprint density at radius 2 is 1.85 bits per heavy atom. The molecule has 1 amide bonds.